The van der Waals surface area contributed by atoms with Crippen molar-refractivity contribution in [3.05, 3.63) is 66.1 Å². The molecule has 0 fully saturated rings. The van der Waals surface area contributed by atoms with E-state index in [1.165, 1.54) is 10.5 Å². The minimum Gasteiger partial charge on any atom is -0.407 e. The molecule has 3 aromatic rings. The maximum atomic E-state index is 5.58. The van der Waals surface area contributed by atoms with Crippen molar-refractivity contribution in [1.29, 1.82) is 0 Å². The Morgan fingerprint density at radius 1 is 1.00 bits per heavy atom. The molecule has 4 nitrogen and oxygen atoms in total. The fraction of sp³-hybridized carbons (Fsp3) is 0.125. The van der Waals surface area contributed by atoms with Crippen molar-refractivity contribution in [3.8, 4) is 0 Å². The van der Waals surface area contributed by atoms with Crippen molar-refractivity contribution in [2.24, 2.45) is 0 Å². The van der Waals surface area contributed by atoms with Gasteiger partial charge in [0.05, 0.1) is 5.75 Å². The van der Waals surface area contributed by atoms with Gasteiger partial charge in [-0.1, -0.05) is 41.0 Å². The topological polar surface area (TPSA) is 51.0 Å². The Labute approximate surface area is 127 Å². The van der Waals surface area contributed by atoms with Crippen LogP contribution in [0.4, 0.5) is 11.7 Å². The van der Waals surface area contributed by atoms with Gasteiger partial charge in [-0.3, -0.25) is 0 Å². The number of hydrogen-bond acceptors (Lipinski definition) is 5. The molecule has 21 heavy (non-hydrogen) atoms. The summed E-state index contributed by atoms with van der Waals surface area (Å²) in [4.78, 5) is 1.19. The molecule has 0 aliphatic carbocycles. The molecule has 3 rings (SSSR count). The van der Waals surface area contributed by atoms with Gasteiger partial charge in [-0.25, -0.2) is 0 Å². The SMILES string of the molecule is Cc1ccc(SCc2nnc(Nc3ccccc3)o2)cc1. The molecule has 0 bridgehead atoms. The van der Waals surface area contributed by atoms with Crippen molar-refractivity contribution in [2.45, 2.75) is 17.6 Å². The zero-order chi connectivity index (χ0) is 14.5. The Morgan fingerprint density at radius 3 is 2.52 bits per heavy atom. The summed E-state index contributed by atoms with van der Waals surface area (Å²) in [5.41, 5.74) is 2.19. The van der Waals surface area contributed by atoms with Gasteiger partial charge in [0.2, 0.25) is 5.89 Å². The molecule has 106 valence electrons. The van der Waals surface area contributed by atoms with Crippen molar-refractivity contribution in [2.75, 3.05) is 5.32 Å². The lowest BCUT2D eigenvalue weighted by Crippen LogP contribution is -1.88. The normalized spacial score (nSPS) is 10.5. The van der Waals surface area contributed by atoms with Gasteiger partial charge in [0.25, 0.3) is 0 Å². The molecule has 1 N–H and O–H groups in total. The molecule has 0 atom stereocenters. The Bertz CT molecular complexity index is 695. The minimum absolute atomic E-state index is 0.417. The molecule has 0 saturated carbocycles. The molecule has 2 aromatic carbocycles. The van der Waals surface area contributed by atoms with Gasteiger partial charge < -0.3 is 9.73 Å². The van der Waals surface area contributed by atoms with E-state index in [4.69, 9.17) is 4.42 Å². The molecule has 0 aliphatic heterocycles. The van der Waals surface area contributed by atoms with Crippen molar-refractivity contribution < 1.29 is 4.42 Å². The van der Waals surface area contributed by atoms with Gasteiger partial charge >= 0.3 is 6.01 Å². The van der Waals surface area contributed by atoms with Crippen LogP contribution in [0.1, 0.15) is 11.5 Å². The third-order valence-electron chi connectivity index (χ3n) is 2.88. The number of hydrogen-bond donors (Lipinski definition) is 1. The fourth-order valence-electron chi connectivity index (χ4n) is 1.79. The number of benzene rings is 2. The molecule has 0 radical (unpaired) electrons. The number of para-hydroxylation sites is 1. The van der Waals surface area contributed by atoms with Crippen molar-refractivity contribution >= 4 is 23.5 Å². The van der Waals surface area contributed by atoms with E-state index in [9.17, 15) is 0 Å². The zero-order valence-corrected chi connectivity index (χ0v) is 12.4. The van der Waals surface area contributed by atoms with Crippen LogP contribution in [-0.2, 0) is 5.75 Å². The van der Waals surface area contributed by atoms with E-state index >= 15 is 0 Å². The highest BCUT2D eigenvalue weighted by Crippen LogP contribution is 2.23. The summed E-state index contributed by atoms with van der Waals surface area (Å²) in [6, 6.07) is 18.6. The molecule has 1 aromatic heterocycles. The molecule has 1 heterocycles. The first kappa shape index (κ1) is 13.7. The fourth-order valence-corrected chi connectivity index (χ4v) is 2.52. The van der Waals surface area contributed by atoms with Crippen LogP contribution in [0.2, 0.25) is 0 Å². The number of nitrogens with zero attached hydrogens (tertiary/aromatic N) is 2. The number of thioether (sulfide) groups is 1. The van der Waals surface area contributed by atoms with E-state index in [2.05, 4.69) is 46.7 Å². The van der Waals surface area contributed by atoms with Gasteiger partial charge in [-0.2, -0.15) is 0 Å². The zero-order valence-electron chi connectivity index (χ0n) is 11.6. The molecule has 0 saturated heterocycles. The van der Waals surface area contributed by atoms with Gasteiger partial charge in [0.1, 0.15) is 0 Å². The van der Waals surface area contributed by atoms with Gasteiger partial charge in [-0.05, 0) is 31.2 Å². The predicted octanol–water partition coefficient (Wildman–Crippen LogP) is 4.41. The second kappa shape index (κ2) is 6.45. The highest BCUT2D eigenvalue weighted by molar-refractivity contribution is 7.98. The third-order valence-corrected chi connectivity index (χ3v) is 3.87. The molecule has 5 heteroatoms. The summed E-state index contributed by atoms with van der Waals surface area (Å²) in [6.45, 7) is 2.08. The average molecular weight is 297 g/mol. The summed E-state index contributed by atoms with van der Waals surface area (Å²) >= 11 is 1.68. The minimum atomic E-state index is 0.417. The maximum absolute atomic E-state index is 5.58. The van der Waals surface area contributed by atoms with Crippen LogP contribution in [0.15, 0.2) is 63.9 Å². The molecule has 0 amide bonds. The van der Waals surface area contributed by atoms with Crippen LogP contribution >= 0.6 is 11.8 Å². The summed E-state index contributed by atoms with van der Waals surface area (Å²) in [6.07, 6.45) is 0. The van der Waals surface area contributed by atoms with Gasteiger partial charge in [-0.15, -0.1) is 16.9 Å². The van der Waals surface area contributed by atoms with E-state index < -0.39 is 0 Å². The monoisotopic (exact) mass is 297 g/mol. The van der Waals surface area contributed by atoms with Crippen molar-refractivity contribution in [1.82, 2.24) is 10.2 Å². The standard InChI is InChI=1S/C16H15N3OS/c1-12-7-9-14(10-8-12)21-11-15-18-19-16(20-15)17-13-5-3-2-4-6-13/h2-10H,11H2,1H3,(H,17,19). The first-order valence-corrected chi connectivity index (χ1v) is 7.62. The number of rotatable bonds is 5. The lowest BCUT2D eigenvalue weighted by atomic mass is 10.2. The second-order valence-electron chi connectivity index (χ2n) is 4.59. The molecule has 0 spiro atoms. The molecule has 0 unspecified atom stereocenters. The van der Waals surface area contributed by atoms with Crippen LogP contribution < -0.4 is 5.32 Å². The van der Waals surface area contributed by atoms with E-state index in [-0.39, 0.29) is 0 Å². The number of aromatic nitrogens is 2. The quantitative estimate of drug-likeness (QED) is 0.707. The van der Waals surface area contributed by atoms with Gasteiger partial charge in [0, 0.05) is 10.6 Å². The summed E-state index contributed by atoms with van der Waals surface area (Å²) in [5.74, 6) is 1.27. The van der Waals surface area contributed by atoms with Crippen molar-refractivity contribution in [3.63, 3.8) is 0 Å². The van der Waals surface area contributed by atoms with Gasteiger partial charge in [0.15, 0.2) is 0 Å². The first-order chi connectivity index (χ1) is 10.3. The Hall–Kier alpha value is -2.27. The van der Waals surface area contributed by atoms with Crippen LogP contribution in [0, 0.1) is 6.92 Å². The van der Waals surface area contributed by atoms with E-state index in [1.807, 2.05) is 30.3 Å². The van der Waals surface area contributed by atoms with Crippen LogP contribution in [0.3, 0.4) is 0 Å². The Balaban J connectivity index is 1.59. The molecular weight excluding hydrogens is 282 g/mol. The Morgan fingerprint density at radius 2 is 1.76 bits per heavy atom. The maximum Gasteiger partial charge on any atom is 0.320 e. The highest BCUT2D eigenvalue weighted by atomic mass is 32.2. The molecular formula is C16H15N3OS. The third kappa shape index (κ3) is 3.86. The summed E-state index contributed by atoms with van der Waals surface area (Å²) < 4.78 is 5.58. The first-order valence-electron chi connectivity index (χ1n) is 6.63. The molecule has 0 aliphatic rings. The number of aryl methyl sites for hydroxylation is 1. The van der Waals surface area contributed by atoms with Crippen LogP contribution in [0.25, 0.3) is 0 Å². The van der Waals surface area contributed by atoms with E-state index in [0.717, 1.165) is 5.69 Å². The number of nitrogens with one attached hydrogen (secondary N) is 1. The highest BCUT2D eigenvalue weighted by Gasteiger charge is 2.06. The largest absolute Gasteiger partial charge is 0.407 e. The smallest absolute Gasteiger partial charge is 0.320 e. The summed E-state index contributed by atoms with van der Waals surface area (Å²) in [5, 5.41) is 11.1. The predicted molar refractivity (Wildman–Crippen MR) is 84.8 cm³/mol. The van der Waals surface area contributed by atoms with Crippen LogP contribution in [0.5, 0.6) is 0 Å². The van der Waals surface area contributed by atoms with E-state index in [0.29, 0.717) is 17.7 Å². The summed E-state index contributed by atoms with van der Waals surface area (Å²) in [7, 11) is 0. The average Bonchev–Trinajstić information content (AvgIpc) is 2.95. The lowest BCUT2D eigenvalue weighted by molar-refractivity contribution is 0.531. The number of anilines is 2. The second-order valence-corrected chi connectivity index (χ2v) is 5.64. The van der Waals surface area contributed by atoms with Crippen LogP contribution in [-0.4, -0.2) is 10.2 Å². The van der Waals surface area contributed by atoms with E-state index in [1.54, 1.807) is 11.8 Å². The lowest BCUT2D eigenvalue weighted by Gasteiger charge is -2.00. The Kier molecular flexibility index (Phi) is 4.21.